The summed E-state index contributed by atoms with van der Waals surface area (Å²) in [5.74, 6) is 1.08. The van der Waals surface area contributed by atoms with Crippen molar-refractivity contribution >= 4 is 11.8 Å². The fourth-order valence-electron chi connectivity index (χ4n) is 2.76. The lowest BCUT2D eigenvalue weighted by atomic mass is 10.2. The maximum absolute atomic E-state index is 9.86. The van der Waals surface area contributed by atoms with Crippen molar-refractivity contribution in [1.29, 1.82) is 0 Å². The van der Waals surface area contributed by atoms with E-state index in [0.29, 0.717) is 6.04 Å². The van der Waals surface area contributed by atoms with Crippen LogP contribution in [0.2, 0.25) is 0 Å². The first-order chi connectivity index (χ1) is 9.54. The van der Waals surface area contributed by atoms with Crippen LogP contribution in [0, 0.1) is 6.92 Å². The summed E-state index contributed by atoms with van der Waals surface area (Å²) in [7, 11) is 4.20. The van der Waals surface area contributed by atoms with E-state index >= 15 is 0 Å². The Balaban J connectivity index is 1.78. The minimum atomic E-state index is -0.149. The molecule has 20 heavy (non-hydrogen) atoms. The van der Waals surface area contributed by atoms with Crippen LogP contribution < -0.4 is 0 Å². The van der Waals surface area contributed by atoms with E-state index in [0.717, 1.165) is 31.8 Å². The van der Waals surface area contributed by atoms with Crippen LogP contribution in [-0.2, 0) is 0 Å². The molecule has 4 heteroatoms. The molecule has 1 fully saturated rings. The number of aliphatic hydroxyl groups excluding tert-OH is 1. The number of aryl methyl sites for hydroxylation is 1. The molecule has 0 saturated carbocycles. The highest BCUT2D eigenvalue weighted by Gasteiger charge is 2.30. The number of thioether (sulfide) groups is 1. The summed E-state index contributed by atoms with van der Waals surface area (Å²) in [5.41, 5.74) is 1.31. The summed E-state index contributed by atoms with van der Waals surface area (Å²) in [5, 5.41) is 9.86. The Morgan fingerprint density at radius 1 is 1.30 bits per heavy atom. The Hall–Kier alpha value is -0.550. The molecular weight excluding hydrogens is 268 g/mol. The number of β-amino-alcohol motifs (C(OH)–C–C–N with tert-alkyl or cyclic N) is 1. The summed E-state index contributed by atoms with van der Waals surface area (Å²) in [6.45, 7) is 5.03. The van der Waals surface area contributed by atoms with Crippen molar-refractivity contribution < 1.29 is 5.11 Å². The van der Waals surface area contributed by atoms with Gasteiger partial charge < -0.3 is 10.0 Å². The highest BCUT2D eigenvalue weighted by Crippen LogP contribution is 2.22. The number of rotatable bonds is 6. The van der Waals surface area contributed by atoms with Crippen LogP contribution >= 0.6 is 11.8 Å². The fourth-order valence-corrected chi connectivity index (χ4v) is 3.65. The van der Waals surface area contributed by atoms with Crippen LogP contribution in [0.25, 0.3) is 0 Å². The van der Waals surface area contributed by atoms with E-state index < -0.39 is 0 Å². The van der Waals surface area contributed by atoms with E-state index in [1.54, 1.807) is 0 Å². The Morgan fingerprint density at radius 2 is 2.00 bits per heavy atom. The van der Waals surface area contributed by atoms with Gasteiger partial charge >= 0.3 is 0 Å². The number of benzene rings is 1. The van der Waals surface area contributed by atoms with E-state index in [1.807, 2.05) is 11.8 Å². The van der Waals surface area contributed by atoms with Crippen molar-refractivity contribution in [2.24, 2.45) is 0 Å². The van der Waals surface area contributed by atoms with Gasteiger partial charge in [0.15, 0.2) is 0 Å². The number of hydrogen-bond acceptors (Lipinski definition) is 4. The van der Waals surface area contributed by atoms with Crippen LogP contribution in [0.15, 0.2) is 29.2 Å². The van der Waals surface area contributed by atoms with Gasteiger partial charge in [-0.3, -0.25) is 4.90 Å². The first-order valence-electron chi connectivity index (χ1n) is 7.31. The standard InChI is InChI=1S/C16H26N2OS/c1-13-4-6-16(7-5-13)20-9-8-18-12-15(19)10-14(18)11-17(2)3/h4-7,14-15,19H,8-12H2,1-3H3. The van der Waals surface area contributed by atoms with E-state index in [1.165, 1.54) is 10.5 Å². The second-order valence-electron chi connectivity index (χ2n) is 5.96. The van der Waals surface area contributed by atoms with Gasteiger partial charge in [0.1, 0.15) is 0 Å². The van der Waals surface area contributed by atoms with Gasteiger partial charge in [-0.05, 0) is 39.6 Å². The van der Waals surface area contributed by atoms with Gasteiger partial charge in [-0.2, -0.15) is 0 Å². The zero-order valence-electron chi connectivity index (χ0n) is 12.7. The summed E-state index contributed by atoms with van der Waals surface area (Å²) in [4.78, 5) is 5.98. The lowest BCUT2D eigenvalue weighted by Crippen LogP contribution is -2.38. The summed E-state index contributed by atoms with van der Waals surface area (Å²) in [6.07, 6.45) is 0.761. The largest absolute Gasteiger partial charge is 0.392 e. The second-order valence-corrected chi connectivity index (χ2v) is 7.13. The molecule has 1 aromatic carbocycles. The average molecular weight is 294 g/mol. The van der Waals surface area contributed by atoms with E-state index in [-0.39, 0.29) is 6.10 Å². The molecule has 2 rings (SSSR count). The van der Waals surface area contributed by atoms with Gasteiger partial charge in [0.2, 0.25) is 0 Å². The van der Waals surface area contributed by atoms with E-state index in [4.69, 9.17) is 0 Å². The fraction of sp³-hybridized carbons (Fsp3) is 0.625. The Bertz CT molecular complexity index is 407. The predicted molar refractivity (Wildman–Crippen MR) is 86.4 cm³/mol. The SMILES string of the molecule is Cc1ccc(SCCN2CC(O)CC2CN(C)C)cc1. The van der Waals surface area contributed by atoms with Gasteiger partial charge in [0.25, 0.3) is 0 Å². The normalized spacial score (nSPS) is 23.6. The van der Waals surface area contributed by atoms with E-state index in [2.05, 4.69) is 55.1 Å². The van der Waals surface area contributed by atoms with Gasteiger partial charge in [0.05, 0.1) is 6.10 Å². The highest BCUT2D eigenvalue weighted by molar-refractivity contribution is 7.99. The Morgan fingerprint density at radius 3 is 2.65 bits per heavy atom. The Kier molecular flexibility index (Phi) is 5.90. The number of aliphatic hydroxyl groups is 1. The first-order valence-corrected chi connectivity index (χ1v) is 8.29. The lowest BCUT2D eigenvalue weighted by Gasteiger charge is -2.26. The number of hydrogen-bond donors (Lipinski definition) is 1. The molecule has 1 aliphatic rings. The van der Waals surface area contributed by atoms with Gasteiger partial charge in [-0.15, -0.1) is 11.8 Å². The molecule has 1 saturated heterocycles. The molecule has 2 atom stereocenters. The van der Waals surface area contributed by atoms with Gasteiger partial charge in [-0.25, -0.2) is 0 Å². The molecule has 0 radical (unpaired) electrons. The molecule has 1 aliphatic heterocycles. The molecule has 1 aromatic rings. The second kappa shape index (κ2) is 7.46. The molecular formula is C16H26N2OS. The molecule has 0 bridgehead atoms. The third-order valence-corrected chi connectivity index (χ3v) is 4.74. The third-order valence-electron chi connectivity index (χ3n) is 3.75. The molecule has 1 heterocycles. The van der Waals surface area contributed by atoms with Crippen molar-refractivity contribution in [3.63, 3.8) is 0 Å². The molecule has 2 unspecified atom stereocenters. The Labute approximate surface area is 127 Å². The van der Waals surface area contributed by atoms with Crippen molar-refractivity contribution in [2.75, 3.05) is 39.5 Å². The number of likely N-dealkylation sites (N-methyl/N-ethyl adjacent to an activating group) is 1. The maximum atomic E-state index is 9.86. The smallest absolute Gasteiger partial charge is 0.0682 e. The van der Waals surface area contributed by atoms with E-state index in [9.17, 15) is 5.11 Å². The molecule has 0 aromatic heterocycles. The van der Waals surface area contributed by atoms with Crippen LogP contribution in [0.4, 0.5) is 0 Å². The van der Waals surface area contributed by atoms with Crippen LogP contribution in [0.1, 0.15) is 12.0 Å². The molecule has 0 aliphatic carbocycles. The highest BCUT2D eigenvalue weighted by atomic mass is 32.2. The summed E-state index contributed by atoms with van der Waals surface area (Å²) < 4.78 is 0. The quantitative estimate of drug-likeness (QED) is 0.813. The number of nitrogens with zero attached hydrogens (tertiary/aromatic N) is 2. The van der Waals surface area contributed by atoms with Crippen molar-refractivity contribution in [1.82, 2.24) is 9.80 Å². The van der Waals surface area contributed by atoms with Gasteiger partial charge in [0, 0.05) is 36.3 Å². The van der Waals surface area contributed by atoms with Gasteiger partial charge in [-0.1, -0.05) is 17.7 Å². The predicted octanol–water partition coefficient (Wildman–Crippen LogP) is 2.08. The minimum Gasteiger partial charge on any atom is -0.392 e. The van der Waals surface area contributed by atoms with Crippen LogP contribution in [0.3, 0.4) is 0 Å². The van der Waals surface area contributed by atoms with Crippen molar-refractivity contribution in [3.8, 4) is 0 Å². The third kappa shape index (κ3) is 4.77. The maximum Gasteiger partial charge on any atom is 0.0682 e. The zero-order chi connectivity index (χ0) is 14.5. The van der Waals surface area contributed by atoms with Crippen molar-refractivity contribution in [2.45, 2.75) is 30.4 Å². The number of likely N-dealkylation sites (tertiary alicyclic amines) is 1. The minimum absolute atomic E-state index is 0.149. The van der Waals surface area contributed by atoms with Crippen LogP contribution in [0.5, 0.6) is 0 Å². The summed E-state index contributed by atoms with van der Waals surface area (Å²) in [6, 6.07) is 9.21. The molecule has 1 N–H and O–H groups in total. The average Bonchev–Trinajstić information content (AvgIpc) is 2.71. The first kappa shape index (κ1) is 15.8. The molecule has 112 valence electrons. The topological polar surface area (TPSA) is 26.7 Å². The molecule has 3 nitrogen and oxygen atoms in total. The van der Waals surface area contributed by atoms with Crippen molar-refractivity contribution in [3.05, 3.63) is 29.8 Å². The summed E-state index contributed by atoms with van der Waals surface area (Å²) >= 11 is 1.90. The molecule has 0 spiro atoms. The monoisotopic (exact) mass is 294 g/mol. The zero-order valence-corrected chi connectivity index (χ0v) is 13.6. The lowest BCUT2D eigenvalue weighted by molar-refractivity contribution is 0.176. The van der Waals surface area contributed by atoms with Crippen LogP contribution in [-0.4, -0.2) is 66.5 Å². The molecule has 0 amide bonds.